The molecule has 2 aromatic rings. The van der Waals surface area contributed by atoms with Gasteiger partial charge in [-0.15, -0.1) is 0 Å². The Hall–Kier alpha value is -2.31. The summed E-state index contributed by atoms with van der Waals surface area (Å²) in [5.74, 6) is 0.966. The van der Waals surface area contributed by atoms with E-state index in [1.54, 1.807) is 10.9 Å². The molecule has 3 N–H and O–H groups in total. The van der Waals surface area contributed by atoms with Gasteiger partial charge in [-0.1, -0.05) is 0 Å². The van der Waals surface area contributed by atoms with Crippen LogP contribution in [0.3, 0.4) is 0 Å². The van der Waals surface area contributed by atoms with Crippen LogP contribution in [0.2, 0.25) is 0 Å². The van der Waals surface area contributed by atoms with Crippen LogP contribution in [-0.2, 0) is 13.6 Å². The maximum Gasteiger partial charge on any atom is 0.242 e. The van der Waals surface area contributed by atoms with E-state index in [1.807, 2.05) is 27.1 Å². The van der Waals surface area contributed by atoms with Gasteiger partial charge in [0.2, 0.25) is 5.88 Å². The lowest BCUT2D eigenvalue weighted by Crippen LogP contribution is -2.11. The van der Waals surface area contributed by atoms with Crippen LogP contribution in [0.4, 0.5) is 11.5 Å². The van der Waals surface area contributed by atoms with Crippen LogP contribution in [-0.4, -0.2) is 25.9 Å². The van der Waals surface area contributed by atoms with Gasteiger partial charge in [0.05, 0.1) is 12.3 Å². The van der Waals surface area contributed by atoms with Crippen molar-refractivity contribution in [2.24, 2.45) is 7.05 Å². The number of nitrogens with one attached hydrogen (secondary N) is 1. The minimum Gasteiger partial charge on any atom is -0.473 e. The third kappa shape index (κ3) is 3.34. The lowest BCUT2D eigenvalue weighted by atomic mass is 10.3. The van der Waals surface area contributed by atoms with Crippen molar-refractivity contribution in [1.29, 1.82) is 0 Å². The molecule has 7 heteroatoms. The third-order valence-electron chi connectivity index (χ3n) is 2.41. The van der Waals surface area contributed by atoms with E-state index in [9.17, 15) is 0 Å². The van der Waals surface area contributed by atoms with Crippen molar-refractivity contribution < 1.29 is 4.74 Å². The zero-order valence-electron chi connectivity index (χ0n) is 11.3. The highest BCUT2D eigenvalue weighted by Crippen LogP contribution is 2.25. The highest BCUT2D eigenvalue weighted by molar-refractivity contribution is 5.66. The second-order valence-electron chi connectivity index (χ2n) is 4.48. The fourth-order valence-corrected chi connectivity index (χ4v) is 1.59. The Labute approximate surface area is 111 Å². The average molecular weight is 262 g/mol. The minimum absolute atomic E-state index is 0.0170. The number of rotatable bonds is 5. The molecule has 7 nitrogen and oxygen atoms in total. The molecule has 102 valence electrons. The van der Waals surface area contributed by atoms with Gasteiger partial charge in [-0.25, -0.2) is 4.98 Å². The fraction of sp³-hybridized carbons (Fsp3) is 0.417. The maximum absolute atomic E-state index is 5.97. The molecule has 2 rings (SSSR count). The number of aryl methyl sites for hydroxylation is 1. The number of hydrogen-bond donors (Lipinski definition) is 2. The first-order valence-electron chi connectivity index (χ1n) is 6.04. The summed E-state index contributed by atoms with van der Waals surface area (Å²) < 4.78 is 7.25. The molecule has 2 aromatic heterocycles. The Kier molecular flexibility index (Phi) is 3.84. The van der Waals surface area contributed by atoms with Crippen molar-refractivity contribution in [3.8, 4) is 5.88 Å². The third-order valence-corrected chi connectivity index (χ3v) is 2.41. The molecule has 0 aromatic carbocycles. The topological polar surface area (TPSA) is 90.9 Å². The molecule has 0 bridgehead atoms. The van der Waals surface area contributed by atoms with Crippen molar-refractivity contribution in [2.45, 2.75) is 26.5 Å². The Morgan fingerprint density at radius 3 is 2.84 bits per heavy atom. The van der Waals surface area contributed by atoms with E-state index in [1.165, 1.54) is 6.33 Å². The number of aromatic nitrogens is 4. The quantitative estimate of drug-likeness (QED) is 0.841. The Morgan fingerprint density at radius 2 is 2.21 bits per heavy atom. The minimum atomic E-state index is 0.0170. The lowest BCUT2D eigenvalue weighted by molar-refractivity contribution is 0.234. The van der Waals surface area contributed by atoms with E-state index in [-0.39, 0.29) is 6.10 Å². The second kappa shape index (κ2) is 5.55. The fourth-order valence-electron chi connectivity index (χ4n) is 1.59. The molecule has 0 fully saturated rings. The van der Waals surface area contributed by atoms with Gasteiger partial charge >= 0.3 is 0 Å². The predicted molar refractivity (Wildman–Crippen MR) is 72.7 cm³/mol. The standard InChI is InChI=1S/C12H18N6O/c1-8(2)19-12-10(13)11(15-7-16-12)14-4-9-5-17-18(3)6-9/h5-8H,4,13H2,1-3H3,(H,14,15,16). The molecular formula is C12H18N6O. The van der Waals surface area contributed by atoms with Gasteiger partial charge in [0.25, 0.3) is 0 Å². The van der Waals surface area contributed by atoms with Crippen molar-refractivity contribution in [1.82, 2.24) is 19.7 Å². The highest BCUT2D eigenvalue weighted by atomic mass is 16.5. The summed E-state index contributed by atoms with van der Waals surface area (Å²) in [4.78, 5) is 8.14. The summed E-state index contributed by atoms with van der Waals surface area (Å²) in [5.41, 5.74) is 7.43. The molecule has 19 heavy (non-hydrogen) atoms. The van der Waals surface area contributed by atoms with Crippen molar-refractivity contribution >= 4 is 11.5 Å². The molecule has 0 amide bonds. The van der Waals surface area contributed by atoms with Crippen LogP contribution in [0.25, 0.3) is 0 Å². The molecule has 0 aliphatic heterocycles. The van der Waals surface area contributed by atoms with Crippen LogP contribution < -0.4 is 15.8 Å². The van der Waals surface area contributed by atoms with Gasteiger partial charge in [0, 0.05) is 25.4 Å². The lowest BCUT2D eigenvalue weighted by Gasteiger charge is -2.13. The summed E-state index contributed by atoms with van der Waals surface area (Å²) in [6.07, 6.45) is 5.16. The Bertz CT molecular complexity index is 551. The first-order chi connectivity index (χ1) is 9.06. The first kappa shape index (κ1) is 13.1. The van der Waals surface area contributed by atoms with E-state index in [2.05, 4.69) is 20.4 Å². The summed E-state index contributed by atoms with van der Waals surface area (Å²) in [6, 6.07) is 0. The molecule has 2 heterocycles. The van der Waals surface area contributed by atoms with E-state index in [0.717, 1.165) is 5.56 Å². The molecule has 0 unspecified atom stereocenters. The van der Waals surface area contributed by atoms with Crippen LogP contribution >= 0.6 is 0 Å². The van der Waals surface area contributed by atoms with Gasteiger partial charge in [-0.2, -0.15) is 10.1 Å². The largest absolute Gasteiger partial charge is 0.473 e. The Morgan fingerprint density at radius 1 is 1.42 bits per heavy atom. The van der Waals surface area contributed by atoms with E-state index >= 15 is 0 Å². The maximum atomic E-state index is 5.97. The molecule has 0 saturated heterocycles. The number of nitrogen functional groups attached to an aromatic ring is 1. The molecule has 0 atom stereocenters. The van der Waals surface area contributed by atoms with E-state index < -0.39 is 0 Å². The SMILES string of the molecule is CC(C)Oc1ncnc(NCc2cnn(C)c2)c1N. The summed E-state index contributed by atoms with van der Waals surface area (Å²) in [7, 11) is 1.87. The molecular weight excluding hydrogens is 244 g/mol. The van der Waals surface area contributed by atoms with Gasteiger partial charge in [0.1, 0.15) is 12.0 Å². The van der Waals surface area contributed by atoms with Crippen LogP contribution in [0.1, 0.15) is 19.4 Å². The zero-order valence-corrected chi connectivity index (χ0v) is 11.3. The molecule has 0 aliphatic carbocycles. The first-order valence-corrected chi connectivity index (χ1v) is 6.04. The molecule has 0 radical (unpaired) electrons. The molecule has 0 saturated carbocycles. The van der Waals surface area contributed by atoms with Crippen LogP contribution in [0.5, 0.6) is 5.88 Å². The van der Waals surface area contributed by atoms with Gasteiger partial charge < -0.3 is 15.8 Å². The normalized spacial score (nSPS) is 10.7. The van der Waals surface area contributed by atoms with E-state index in [0.29, 0.717) is 23.9 Å². The van der Waals surface area contributed by atoms with Crippen molar-refractivity contribution in [3.05, 3.63) is 24.3 Å². The van der Waals surface area contributed by atoms with Crippen molar-refractivity contribution in [2.75, 3.05) is 11.1 Å². The van der Waals surface area contributed by atoms with Gasteiger partial charge in [-0.05, 0) is 13.8 Å². The number of nitrogens with zero attached hydrogens (tertiary/aromatic N) is 4. The predicted octanol–water partition coefficient (Wildman–Crippen LogP) is 1.19. The smallest absolute Gasteiger partial charge is 0.242 e. The van der Waals surface area contributed by atoms with Gasteiger partial charge in [0.15, 0.2) is 5.82 Å². The van der Waals surface area contributed by atoms with E-state index in [4.69, 9.17) is 10.5 Å². The summed E-state index contributed by atoms with van der Waals surface area (Å²) in [6.45, 7) is 4.44. The second-order valence-corrected chi connectivity index (χ2v) is 4.48. The van der Waals surface area contributed by atoms with Crippen LogP contribution in [0.15, 0.2) is 18.7 Å². The number of nitrogens with two attached hydrogens (primary N) is 1. The molecule has 0 spiro atoms. The number of ether oxygens (including phenoxy) is 1. The number of hydrogen-bond acceptors (Lipinski definition) is 6. The number of anilines is 2. The van der Waals surface area contributed by atoms with Crippen molar-refractivity contribution in [3.63, 3.8) is 0 Å². The highest BCUT2D eigenvalue weighted by Gasteiger charge is 2.10. The monoisotopic (exact) mass is 262 g/mol. The van der Waals surface area contributed by atoms with Crippen LogP contribution in [0, 0.1) is 0 Å². The molecule has 0 aliphatic rings. The Balaban J connectivity index is 2.08. The van der Waals surface area contributed by atoms with Gasteiger partial charge in [-0.3, -0.25) is 4.68 Å². The average Bonchev–Trinajstić information content (AvgIpc) is 2.76. The summed E-state index contributed by atoms with van der Waals surface area (Å²) >= 11 is 0. The zero-order chi connectivity index (χ0) is 13.8. The summed E-state index contributed by atoms with van der Waals surface area (Å²) in [5, 5.41) is 7.24.